The maximum absolute atomic E-state index is 11.4. The largest absolute Gasteiger partial charge is 0.479 e. The Kier molecular flexibility index (Phi) is 4.34. The van der Waals surface area contributed by atoms with Crippen LogP contribution in [0.1, 0.15) is 20.3 Å². The van der Waals surface area contributed by atoms with Crippen LogP contribution in [0.4, 0.5) is 4.79 Å². The van der Waals surface area contributed by atoms with Crippen LogP contribution in [0.5, 0.6) is 0 Å². The van der Waals surface area contributed by atoms with Gasteiger partial charge in [0.25, 0.3) is 0 Å². The van der Waals surface area contributed by atoms with Gasteiger partial charge < -0.3 is 20.5 Å². The molecule has 2 unspecified atom stereocenters. The fourth-order valence-electron chi connectivity index (χ4n) is 1.66. The number of carboxylic acids is 1. The van der Waals surface area contributed by atoms with Crippen molar-refractivity contribution in [2.24, 2.45) is 11.3 Å². The van der Waals surface area contributed by atoms with Crippen molar-refractivity contribution in [3.05, 3.63) is 0 Å². The molecule has 98 valence electrons. The third kappa shape index (κ3) is 4.22. The standard InChI is InChI=1S/C11H20N2O4/c1-11(2)4-7(11)5-12-10(16)13-6-8(17-3)9(14)15/h7-8H,4-6H2,1-3H3,(H,14,15)(H2,12,13,16). The zero-order valence-electron chi connectivity index (χ0n) is 10.4. The molecule has 1 aliphatic carbocycles. The molecule has 0 aromatic carbocycles. The first kappa shape index (κ1) is 13.8. The highest BCUT2D eigenvalue weighted by Crippen LogP contribution is 2.50. The number of urea groups is 1. The summed E-state index contributed by atoms with van der Waals surface area (Å²) in [6.07, 6.45) is 0.112. The Balaban J connectivity index is 2.15. The molecular weight excluding hydrogens is 224 g/mol. The first-order valence-corrected chi connectivity index (χ1v) is 5.64. The molecule has 0 aromatic heterocycles. The monoisotopic (exact) mass is 244 g/mol. The minimum absolute atomic E-state index is 0.0360. The molecular formula is C11H20N2O4. The van der Waals surface area contributed by atoms with Crippen LogP contribution in [0.25, 0.3) is 0 Å². The number of methoxy groups -OCH3 is 1. The first-order valence-electron chi connectivity index (χ1n) is 5.64. The number of rotatable bonds is 6. The smallest absolute Gasteiger partial charge is 0.334 e. The lowest BCUT2D eigenvalue weighted by Gasteiger charge is -2.12. The molecule has 1 fully saturated rings. The van der Waals surface area contributed by atoms with Crippen molar-refractivity contribution in [3.63, 3.8) is 0 Å². The van der Waals surface area contributed by atoms with E-state index in [0.717, 1.165) is 6.42 Å². The summed E-state index contributed by atoms with van der Waals surface area (Å²) in [5.74, 6) is -0.568. The SMILES string of the molecule is COC(CNC(=O)NCC1CC1(C)C)C(=O)O. The predicted octanol–water partition coefficient (Wildman–Crippen LogP) is 0.431. The highest BCUT2D eigenvalue weighted by atomic mass is 16.5. The topological polar surface area (TPSA) is 87.7 Å². The highest BCUT2D eigenvalue weighted by molar-refractivity contribution is 5.76. The summed E-state index contributed by atoms with van der Waals surface area (Å²) < 4.78 is 4.69. The van der Waals surface area contributed by atoms with E-state index in [1.807, 2.05) is 0 Å². The van der Waals surface area contributed by atoms with Crippen LogP contribution in [0.2, 0.25) is 0 Å². The quantitative estimate of drug-likeness (QED) is 0.632. The number of nitrogens with one attached hydrogen (secondary N) is 2. The molecule has 1 saturated carbocycles. The Labute approximate surface area is 101 Å². The molecule has 0 aromatic rings. The number of carboxylic acid groups (broad SMARTS) is 1. The van der Waals surface area contributed by atoms with Gasteiger partial charge in [-0.3, -0.25) is 0 Å². The van der Waals surface area contributed by atoms with Gasteiger partial charge in [-0.25, -0.2) is 9.59 Å². The predicted molar refractivity (Wildman–Crippen MR) is 61.7 cm³/mol. The van der Waals surface area contributed by atoms with E-state index in [0.29, 0.717) is 17.9 Å². The van der Waals surface area contributed by atoms with Crippen molar-refractivity contribution in [2.45, 2.75) is 26.4 Å². The van der Waals surface area contributed by atoms with E-state index in [2.05, 4.69) is 24.5 Å². The maximum atomic E-state index is 11.4. The molecule has 6 heteroatoms. The normalized spacial score (nSPS) is 22.6. The van der Waals surface area contributed by atoms with E-state index < -0.39 is 12.1 Å². The van der Waals surface area contributed by atoms with E-state index in [1.54, 1.807) is 0 Å². The van der Waals surface area contributed by atoms with Crippen molar-refractivity contribution < 1.29 is 19.4 Å². The first-order chi connectivity index (χ1) is 7.86. The number of aliphatic carboxylic acids is 1. The van der Waals surface area contributed by atoms with Gasteiger partial charge in [0.05, 0.1) is 6.54 Å². The second-order valence-electron chi connectivity index (χ2n) is 5.04. The van der Waals surface area contributed by atoms with E-state index >= 15 is 0 Å². The Bertz CT molecular complexity index is 304. The molecule has 0 aliphatic heterocycles. The fraction of sp³-hybridized carbons (Fsp3) is 0.818. The lowest BCUT2D eigenvalue weighted by atomic mass is 10.1. The zero-order chi connectivity index (χ0) is 13.1. The molecule has 0 saturated heterocycles. The second kappa shape index (κ2) is 5.35. The van der Waals surface area contributed by atoms with Gasteiger partial charge in [0.2, 0.25) is 0 Å². The molecule has 2 amide bonds. The van der Waals surface area contributed by atoms with Gasteiger partial charge in [0.15, 0.2) is 6.10 Å². The van der Waals surface area contributed by atoms with Crippen LogP contribution in [-0.4, -0.2) is 43.4 Å². The van der Waals surface area contributed by atoms with Crippen LogP contribution < -0.4 is 10.6 Å². The average molecular weight is 244 g/mol. The lowest BCUT2D eigenvalue weighted by Crippen LogP contribution is -2.43. The van der Waals surface area contributed by atoms with E-state index in [-0.39, 0.29) is 12.6 Å². The van der Waals surface area contributed by atoms with Gasteiger partial charge >= 0.3 is 12.0 Å². The fourth-order valence-corrected chi connectivity index (χ4v) is 1.66. The molecule has 17 heavy (non-hydrogen) atoms. The summed E-state index contributed by atoms with van der Waals surface area (Å²) >= 11 is 0. The molecule has 0 radical (unpaired) electrons. The highest BCUT2D eigenvalue weighted by Gasteiger charge is 2.45. The molecule has 0 heterocycles. The van der Waals surface area contributed by atoms with Gasteiger partial charge in [-0.2, -0.15) is 0 Å². The summed E-state index contributed by atoms with van der Waals surface area (Å²) in [4.78, 5) is 22.0. The van der Waals surface area contributed by atoms with Crippen molar-refractivity contribution in [1.82, 2.24) is 10.6 Å². The third-order valence-electron chi connectivity index (χ3n) is 3.23. The molecule has 3 N–H and O–H groups in total. The summed E-state index contributed by atoms with van der Waals surface area (Å²) in [6.45, 7) is 4.90. The van der Waals surface area contributed by atoms with E-state index in [1.165, 1.54) is 7.11 Å². The molecule has 1 rings (SSSR count). The minimum Gasteiger partial charge on any atom is -0.479 e. The summed E-state index contributed by atoms with van der Waals surface area (Å²) in [7, 11) is 1.30. The van der Waals surface area contributed by atoms with Crippen molar-refractivity contribution in [2.75, 3.05) is 20.2 Å². The summed E-state index contributed by atoms with van der Waals surface area (Å²) in [5.41, 5.74) is 0.323. The average Bonchev–Trinajstić information content (AvgIpc) is 2.84. The second-order valence-corrected chi connectivity index (χ2v) is 5.04. The van der Waals surface area contributed by atoms with Crippen molar-refractivity contribution in [1.29, 1.82) is 0 Å². The Morgan fingerprint density at radius 2 is 2.06 bits per heavy atom. The van der Waals surface area contributed by atoms with Crippen molar-refractivity contribution in [3.8, 4) is 0 Å². The van der Waals surface area contributed by atoms with Crippen LogP contribution in [0, 0.1) is 11.3 Å². The third-order valence-corrected chi connectivity index (χ3v) is 3.23. The number of carbonyl (C=O) groups is 2. The van der Waals surface area contributed by atoms with Gasteiger partial charge in [-0.05, 0) is 17.8 Å². The van der Waals surface area contributed by atoms with Gasteiger partial charge in [0.1, 0.15) is 0 Å². The van der Waals surface area contributed by atoms with E-state index in [9.17, 15) is 9.59 Å². The molecule has 1 aliphatic rings. The summed E-state index contributed by atoms with van der Waals surface area (Å²) in [6, 6.07) is -0.351. The number of hydrogen-bond donors (Lipinski definition) is 3. The number of hydrogen-bond acceptors (Lipinski definition) is 3. The summed E-state index contributed by atoms with van der Waals surface area (Å²) in [5, 5.41) is 13.9. The van der Waals surface area contributed by atoms with E-state index in [4.69, 9.17) is 9.84 Å². The van der Waals surface area contributed by atoms with Crippen LogP contribution in [0.15, 0.2) is 0 Å². The Hall–Kier alpha value is -1.30. The van der Waals surface area contributed by atoms with Gasteiger partial charge in [-0.1, -0.05) is 13.8 Å². The van der Waals surface area contributed by atoms with Crippen molar-refractivity contribution >= 4 is 12.0 Å². The molecule has 6 nitrogen and oxygen atoms in total. The molecule has 0 spiro atoms. The van der Waals surface area contributed by atoms with Crippen LogP contribution in [0.3, 0.4) is 0 Å². The number of amides is 2. The maximum Gasteiger partial charge on any atom is 0.334 e. The number of carbonyl (C=O) groups excluding carboxylic acids is 1. The number of ether oxygens (including phenoxy) is 1. The Morgan fingerprint density at radius 3 is 2.47 bits per heavy atom. The lowest BCUT2D eigenvalue weighted by molar-refractivity contribution is -0.147. The molecule has 2 atom stereocenters. The minimum atomic E-state index is -1.09. The van der Waals surface area contributed by atoms with Gasteiger partial charge in [-0.15, -0.1) is 0 Å². The van der Waals surface area contributed by atoms with Crippen LogP contribution >= 0.6 is 0 Å². The Morgan fingerprint density at radius 1 is 1.47 bits per heavy atom. The molecule has 0 bridgehead atoms. The van der Waals surface area contributed by atoms with Gasteiger partial charge in [0, 0.05) is 13.7 Å². The van der Waals surface area contributed by atoms with Crippen LogP contribution in [-0.2, 0) is 9.53 Å². The zero-order valence-corrected chi connectivity index (χ0v) is 10.4.